The fraction of sp³-hybridized carbons (Fsp3) is 0.241. The van der Waals surface area contributed by atoms with Crippen LogP contribution in [0.15, 0.2) is 78.9 Å². The van der Waals surface area contributed by atoms with Crippen molar-refractivity contribution in [1.29, 1.82) is 0 Å². The quantitative estimate of drug-likeness (QED) is 0.280. The topological polar surface area (TPSA) is 84.4 Å². The van der Waals surface area contributed by atoms with Crippen molar-refractivity contribution in [2.24, 2.45) is 0 Å². The first-order chi connectivity index (χ1) is 18.0. The predicted octanol–water partition coefficient (Wildman–Crippen LogP) is 6.01. The third-order valence-electron chi connectivity index (χ3n) is 6.19. The highest BCUT2D eigenvalue weighted by Gasteiger charge is 2.24. The fourth-order valence-corrected chi connectivity index (χ4v) is 4.74. The zero-order chi connectivity index (χ0) is 26.2. The third kappa shape index (κ3) is 6.59. The molecule has 1 aromatic heterocycles. The molecule has 190 valence electrons. The Morgan fingerprint density at radius 3 is 2.46 bits per heavy atom. The van der Waals surface area contributed by atoms with E-state index in [4.69, 9.17) is 4.74 Å². The zero-order valence-corrected chi connectivity index (χ0v) is 22.0. The highest BCUT2D eigenvalue weighted by Crippen LogP contribution is 2.29. The Balaban J connectivity index is 1.45. The molecule has 1 N–H and O–H groups in total. The minimum Gasteiger partial charge on any atom is -0.497 e. The second-order valence-electron chi connectivity index (χ2n) is 8.58. The van der Waals surface area contributed by atoms with Crippen LogP contribution in [0.4, 0.5) is 5.13 Å². The Morgan fingerprint density at radius 1 is 1.00 bits per heavy atom. The van der Waals surface area contributed by atoms with Gasteiger partial charge in [-0.3, -0.25) is 9.59 Å². The van der Waals surface area contributed by atoms with Crippen LogP contribution >= 0.6 is 11.3 Å². The molecule has 4 aromatic rings. The molecule has 7 nitrogen and oxygen atoms in total. The molecule has 37 heavy (non-hydrogen) atoms. The summed E-state index contributed by atoms with van der Waals surface area (Å²) < 4.78 is 5.27. The lowest BCUT2D eigenvalue weighted by Crippen LogP contribution is -2.36. The van der Waals surface area contributed by atoms with Crippen LogP contribution in [-0.2, 0) is 11.2 Å². The fourth-order valence-electron chi connectivity index (χ4n) is 3.98. The third-order valence-corrected chi connectivity index (χ3v) is 7.08. The molecule has 3 aromatic carbocycles. The number of amides is 2. The van der Waals surface area contributed by atoms with E-state index in [1.54, 1.807) is 12.0 Å². The number of carbonyl (C=O) groups is 2. The molecule has 1 heterocycles. The predicted molar refractivity (Wildman–Crippen MR) is 147 cm³/mol. The average molecular weight is 515 g/mol. The Labute approximate surface area is 221 Å². The maximum Gasteiger partial charge on any atom is 0.254 e. The normalized spacial score (nSPS) is 11.5. The molecule has 0 unspecified atom stereocenters. The first-order valence-electron chi connectivity index (χ1n) is 12.2. The summed E-state index contributed by atoms with van der Waals surface area (Å²) in [6.45, 7) is 4.32. The van der Waals surface area contributed by atoms with Gasteiger partial charge in [0.2, 0.25) is 11.0 Å². The molecule has 0 aliphatic heterocycles. The molecule has 0 spiro atoms. The van der Waals surface area contributed by atoms with Gasteiger partial charge >= 0.3 is 0 Å². The maximum absolute atomic E-state index is 13.5. The standard InChI is InChI=1S/C29H30N4O3S/c1-4-21-13-15-23(16-14-21)28(35)33(20(2)22-9-6-5-7-10-22)18-17-26(34)30-29-32-31-27(37-29)24-11-8-12-25(19-24)36-3/h5-16,19-20H,4,17-18H2,1-3H3,(H,30,32,34)/t20-/m0/s1. The minimum absolute atomic E-state index is 0.108. The summed E-state index contributed by atoms with van der Waals surface area (Å²) in [5.41, 5.74) is 3.64. The van der Waals surface area contributed by atoms with Crippen LogP contribution in [0.3, 0.4) is 0 Å². The molecule has 0 fully saturated rings. The number of rotatable bonds is 10. The summed E-state index contributed by atoms with van der Waals surface area (Å²) in [7, 11) is 1.61. The molecule has 0 saturated carbocycles. The largest absolute Gasteiger partial charge is 0.497 e. The number of hydrogen-bond acceptors (Lipinski definition) is 6. The smallest absolute Gasteiger partial charge is 0.254 e. The molecule has 0 aliphatic carbocycles. The highest BCUT2D eigenvalue weighted by atomic mass is 32.1. The van der Waals surface area contributed by atoms with Crippen molar-refractivity contribution in [2.75, 3.05) is 19.0 Å². The molecule has 0 saturated heterocycles. The lowest BCUT2D eigenvalue weighted by molar-refractivity contribution is -0.116. The van der Waals surface area contributed by atoms with E-state index in [1.165, 1.54) is 16.9 Å². The van der Waals surface area contributed by atoms with Crippen molar-refractivity contribution in [3.63, 3.8) is 0 Å². The van der Waals surface area contributed by atoms with Crippen molar-refractivity contribution in [3.05, 3.63) is 95.6 Å². The lowest BCUT2D eigenvalue weighted by Gasteiger charge is -2.30. The molecular weight excluding hydrogens is 484 g/mol. The van der Waals surface area contributed by atoms with Crippen LogP contribution in [0, 0.1) is 0 Å². The lowest BCUT2D eigenvalue weighted by atomic mass is 10.0. The van der Waals surface area contributed by atoms with Crippen molar-refractivity contribution in [2.45, 2.75) is 32.7 Å². The van der Waals surface area contributed by atoms with Crippen LogP contribution in [0.5, 0.6) is 5.75 Å². The van der Waals surface area contributed by atoms with Crippen LogP contribution in [0.25, 0.3) is 10.6 Å². The van der Waals surface area contributed by atoms with E-state index in [0.717, 1.165) is 23.3 Å². The highest BCUT2D eigenvalue weighted by molar-refractivity contribution is 7.18. The number of ether oxygens (including phenoxy) is 1. The number of hydrogen-bond donors (Lipinski definition) is 1. The van der Waals surface area contributed by atoms with Gasteiger partial charge in [0.1, 0.15) is 10.8 Å². The number of benzene rings is 3. The van der Waals surface area contributed by atoms with E-state index >= 15 is 0 Å². The second-order valence-corrected chi connectivity index (χ2v) is 9.56. The zero-order valence-electron chi connectivity index (χ0n) is 21.2. The monoisotopic (exact) mass is 514 g/mol. The minimum atomic E-state index is -0.229. The summed E-state index contributed by atoms with van der Waals surface area (Å²) in [6, 6.07) is 24.8. The van der Waals surface area contributed by atoms with E-state index < -0.39 is 0 Å². The molecule has 2 amide bonds. The van der Waals surface area contributed by atoms with E-state index in [2.05, 4.69) is 22.4 Å². The van der Waals surface area contributed by atoms with E-state index in [9.17, 15) is 9.59 Å². The van der Waals surface area contributed by atoms with Gasteiger partial charge in [0, 0.05) is 24.1 Å². The first-order valence-corrected chi connectivity index (χ1v) is 13.0. The molecule has 0 bridgehead atoms. The van der Waals surface area contributed by atoms with Gasteiger partial charge in [-0.15, -0.1) is 10.2 Å². The van der Waals surface area contributed by atoms with Gasteiger partial charge in [-0.2, -0.15) is 0 Å². The SMILES string of the molecule is CCc1ccc(C(=O)N(CCC(=O)Nc2nnc(-c3cccc(OC)c3)s2)[C@@H](C)c2ccccc2)cc1. The van der Waals surface area contributed by atoms with Crippen LogP contribution < -0.4 is 10.1 Å². The van der Waals surface area contributed by atoms with Crippen LogP contribution in [0.1, 0.15) is 47.8 Å². The van der Waals surface area contributed by atoms with Crippen molar-refractivity contribution < 1.29 is 14.3 Å². The Morgan fingerprint density at radius 2 is 1.76 bits per heavy atom. The van der Waals surface area contributed by atoms with Crippen LogP contribution in [-0.4, -0.2) is 40.6 Å². The number of anilines is 1. The number of nitrogens with zero attached hydrogens (tertiary/aromatic N) is 3. The summed E-state index contributed by atoms with van der Waals surface area (Å²) in [6.07, 6.45) is 1.04. The molecular formula is C29H30N4O3S. The number of aryl methyl sites for hydroxylation is 1. The molecule has 4 rings (SSSR count). The van der Waals surface area contributed by atoms with Gasteiger partial charge in [-0.25, -0.2) is 0 Å². The van der Waals surface area contributed by atoms with Gasteiger partial charge in [0.05, 0.1) is 13.2 Å². The average Bonchev–Trinajstić information content (AvgIpc) is 3.41. The first kappa shape index (κ1) is 26.0. The Hall–Kier alpha value is -4.04. The Kier molecular flexibility index (Phi) is 8.64. The maximum atomic E-state index is 13.5. The van der Waals surface area contributed by atoms with Crippen molar-refractivity contribution >= 4 is 28.3 Å². The van der Waals surface area contributed by atoms with Crippen molar-refractivity contribution in [3.8, 4) is 16.3 Å². The van der Waals surface area contributed by atoms with E-state index in [0.29, 0.717) is 15.7 Å². The summed E-state index contributed by atoms with van der Waals surface area (Å²) in [5.74, 6) is 0.385. The molecule has 0 radical (unpaired) electrons. The molecule has 1 atom stereocenters. The second kappa shape index (κ2) is 12.3. The van der Waals surface area contributed by atoms with Gasteiger partial charge in [0.25, 0.3) is 5.91 Å². The number of nitrogens with one attached hydrogen (secondary N) is 1. The van der Waals surface area contributed by atoms with Crippen molar-refractivity contribution in [1.82, 2.24) is 15.1 Å². The summed E-state index contributed by atoms with van der Waals surface area (Å²) in [5, 5.41) is 12.2. The van der Waals surface area contributed by atoms with Gasteiger partial charge in [0.15, 0.2) is 0 Å². The van der Waals surface area contributed by atoms with Crippen LogP contribution in [0.2, 0.25) is 0 Å². The van der Waals surface area contributed by atoms with E-state index in [1.807, 2.05) is 85.8 Å². The number of carbonyl (C=O) groups excluding carboxylic acids is 2. The van der Waals surface area contributed by atoms with Gasteiger partial charge in [-0.1, -0.05) is 72.9 Å². The molecule has 0 aliphatic rings. The summed E-state index contributed by atoms with van der Waals surface area (Å²) in [4.78, 5) is 28.1. The number of methoxy groups -OCH3 is 1. The Bertz CT molecular complexity index is 1340. The molecule has 8 heteroatoms. The van der Waals surface area contributed by atoms with E-state index in [-0.39, 0.29) is 30.8 Å². The number of aromatic nitrogens is 2. The van der Waals surface area contributed by atoms with Gasteiger partial charge < -0.3 is 15.0 Å². The van der Waals surface area contributed by atoms with Gasteiger partial charge in [-0.05, 0) is 48.7 Å². The summed E-state index contributed by atoms with van der Waals surface area (Å²) >= 11 is 1.29.